The molecule has 0 bridgehead atoms. The van der Waals surface area contributed by atoms with Gasteiger partial charge in [0.2, 0.25) is 0 Å². The van der Waals surface area contributed by atoms with Crippen molar-refractivity contribution in [3.8, 4) is 0 Å². The lowest BCUT2D eigenvalue weighted by Gasteiger charge is -2.33. The molecule has 1 unspecified atom stereocenters. The summed E-state index contributed by atoms with van der Waals surface area (Å²) in [5, 5.41) is 2.02. The molecule has 0 aliphatic heterocycles. The van der Waals surface area contributed by atoms with Gasteiger partial charge in [0.15, 0.2) is 6.29 Å². The van der Waals surface area contributed by atoms with Gasteiger partial charge in [0, 0.05) is 15.8 Å². The van der Waals surface area contributed by atoms with Crippen LogP contribution in [0.25, 0.3) is 0 Å². The van der Waals surface area contributed by atoms with Crippen molar-refractivity contribution in [2.75, 3.05) is 0 Å². The number of fused-ring (bicyclic) bond motifs is 1. The summed E-state index contributed by atoms with van der Waals surface area (Å²) in [4.78, 5) is 12.3. The molecule has 0 saturated heterocycles. The van der Waals surface area contributed by atoms with Crippen LogP contribution in [0.4, 0.5) is 0 Å². The van der Waals surface area contributed by atoms with Crippen LogP contribution in [0.3, 0.4) is 0 Å². The van der Waals surface area contributed by atoms with Crippen LogP contribution >= 0.6 is 11.3 Å². The van der Waals surface area contributed by atoms with Crippen molar-refractivity contribution in [1.82, 2.24) is 0 Å². The quantitative estimate of drug-likeness (QED) is 0.662. The molecular weight excluding hydrogens is 204 g/mol. The molecule has 1 aromatic heterocycles. The second-order valence-corrected chi connectivity index (χ2v) is 6.48. The molecule has 2 rings (SSSR count). The van der Waals surface area contributed by atoms with Gasteiger partial charge in [0.1, 0.15) is 0 Å². The van der Waals surface area contributed by atoms with Gasteiger partial charge in [0.05, 0.1) is 0 Å². The van der Waals surface area contributed by atoms with E-state index in [9.17, 15) is 4.79 Å². The normalized spacial score (nSPS) is 21.1. The Morgan fingerprint density at radius 2 is 2.20 bits per heavy atom. The van der Waals surface area contributed by atoms with Gasteiger partial charge in [0.25, 0.3) is 0 Å². The summed E-state index contributed by atoms with van der Waals surface area (Å²) < 4.78 is 0. The maximum atomic E-state index is 10.8. The van der Waals surface area contributed by atoms with Crippen molar-refractivity contribution in [2.24, 2.45) is 11.3 Å². The average Bonchev–Trinajstić information content (AvgIpc) is 2.58. The molecule has 0 saturated carbocycles. The molecule has 1 heterocycles. The minimum Gasteiger partial charge on any atom is -0.298 e. The van der Waals surface area contributed by atoms with Crippen LogP contribution in [0.2, 0.25) is 0 Å². The zero-order valence-corrected chi connectivity index (χ0v) is 10.5. The van der Waals surface area contributed by atoms with Crippen LogP contribution in [0.1, 0.15) is 48.0 Å². The van der Waals surface area contributed by atoms with Gasteiger partial charge < -0.3 is 0 Å². The van der Waals surface area contributed by atoms with Gasteiger partial charge in [-0.15, -0.1) is 11.3 Å². The number of rotatable bonds is 1. The van der Waals surface area contributed by atoms with Crippen molar-refractivity contribution in [1.29, 1.82) is 0 Å². The molecule has 1 aliphatic rings. The highest BCUT2D eigenvalue weighted by molar-refractivity contribution is 7.10. The maximum absolute atomic E-state index is 10.8. The number of carbonyl (C=O) groups is 1. The molecule has 0 fully saturated rings. The molecule has 1 atom stereocenters. The molecule has 0 spiro atoms. The first kappa shape index (κ1) is 10.9. The third-order valence-electron chi connectivity index (χ3n) is 3.54. The fourth-order valence-electron chi connectivity index (χ4n) is 2.38. The Hall–Kier alpha value is -0.630. The van der Waals surface area contributed by atoms with Crippen LogP contribution in [-0.4, -0.2) is 6.29 Å². The number of thiophene rings is 1. The Morgan fingerprint density at radius 3 is 2.80 bits per heavy atom. The van der Waals surface area contributed by atoms with E-state index in [1.54, 1.807) is 11.3 Å². The van der Waals surface area contributed by atoms with Crippen molar-refractivity contribution in [3.05, 3.63) is 21.4 Å². The summed E-state index contributed by atoms with van der Waals surface area (Å²) in [6.07, 6.45) is 4.49. The van der Waals surface area contributed by atoms with Crippen LogP contribution in [0.5, 0.6) is 0 Å². The first-order valence-electron chi connectivity index (χ1n) is 5.57. The summed E-state index contributed by atoms with van der Waals surface area (Å²) in [6.45, 7) is 6.95. The summed E-state index contributed by atoms with van der Waals surface area (Å²) >= 11 is 1.77. The predicted octanol–water partition coefficient (Wildman–Crippen LogP) is 3.71. The van der Waals surface area contributed by atoms with Gasteiger partial charge in [-0.1, -0.05) is 20.8 Å². The smallest absolute Gasteiger partial charge is 0.151 e. The summed E-state index contributed by atoms with van der Waals surface area (Å²) in [5.74, 6) is 0.767. The standard InChI is InChI=1S/C13H18OS/c1-13(2,3)10-4-5-11-9(7-14)8-15-12(11)6-10/h7-8,10H,4-6H2,1-3H3. The third kappa shape index (κ3) is 2.00. The fourth-order valence-corrected chi connectivity index (χ4v) is 3.50. The summed E-state index contributed by atoms with van der Waals surface area (Å²) in [5.41, 5.74) is 2.65. The number of hydrogen-bond donors (Lipinski definition) is 0. The van der Waals surface area contributed by atoms with Gasteiger partial charge in [-0.05, 0) is 36.2 Å². The SMILES string of the molecule is CC(C)(C)C1CCc2c(C=O)csc2C1. The molecule has 0 aromatic carbocycles. The average molecular weight is 222 g/mol. The topological polar surface area (TPSA) is 17.1 Å². The summed E-state index contributed by atoms with van der Waals surface area (Å²) in [7, 11) is 0. The molecule has 82 valence electrons. The lowest BCUT2D eigenvalue weighted by molar-refractivity contribution is 0.112. The highest BCUT2D eigenvalue weighted by atomic mass is 32.1. The Balaban J connectivity index is 2.25. The Bertz CT molecular complexity index is 370. The largest absolute Gasteiger partial charge is 0.298 e. The lowest BCUT2D eigenvalue weighted by atomic mass is 9.72. The van der Waals surface area contributed by atoms with Gasteiger partial charge in [-0.2, -0.15) is 0 Å². The minimum absolute atomic E-state index is 0.392. The van der Waals surface area contributed by atoms with Crippen LogP contribution in [-0.2, 0) is 12.8 Å². The Labute approximate surface area is 95.5 Å². The van der Waals surface area contributed by atoms with Crippen LogP contribution in [0.15, 0.2) is 5.38 Å². The Kier molecular flexibility index (Phi) is 2.72. The first-order valence-corrected chi connectivity index (χ1v) is 6.44. The van der Waals surface area contributed by atoms with E-state index in [1.807, 2.05) is 5.38 Å². The number of carbonyl (C=O) groups excluding carboxylic acids is 1. The third-order valence-corrected chi connectivity index (χ3v) is 4.61. The molecule has 0 amide bonds. The second kappa shape index (κ2) is 3.75. The molecule has 0 radical (unpaired) electrons. The molecule has 15 heavy (non-hydrogen) atoms. The monoisotopic (exact) mass is 222 g/mol. The highest BCUT2D eigenvalue weighted by Gasteiger charge is 2.30. The summed E-state index contributed by atoms with van der Waals surface area (Å²) in [6, 6.07) is 0. The number of aldehydes is 1. The van der Waals surface area contributed by atoms with Crippen LogP contribution in [0, 0.1) is 11.3 Å². The molecule has 2 heteroatoms. The molecule has 1 aliphatic carbocycles. The van der Waals surface area contributed by atoms with E-state index in [2.05, 4.69) is 20.8 Å². The highest BCUT2D eigenvalue weighted by Crippen LogP contribution is 2.40. The molecule has 0 N–H and O–H groups in total. The maximum Gasteiger partial charge on any atom is 0.151 e. The van der Waals surface area contributed by atoms with E-state index in [0.29, 0.717) is 5.41 Å². The molecular formula is C13H18OS. The zero-order valence-electron chi connectivity index (χ0n) is 9.67. The van der Waals surface area contributed by atoms with E-state index in [-0.39, 0.29) is 0 Å². The molecule has 1 aromatic rings. The van der Waals surface area contributed by atoms with Crippen molar-refractivity contribution < 1.29 is 4.79 Å². The number of hydrogen-bond acceptors (Lipinski definition) is 2. The van der Waals surface area contributed by atoms with E-state index in [0.717, 1.165) is 30.6 Å². The van der Waals surface area contributed by atoms with Crippen molar-refractivity contribution in [2.45, 2.75) is 40.0 Å². The Morgan fingerprint density at radius 1 is 1.47 bits per heavy atom. The van der Waals surface area contributed by atoms with E-state index < -0.39 is 0 Å². The van der Waals surface area contributed by atoms with E-state index in [4.69, 9.17) is 0 Å². The van der Waals surface area contributed by atoms with Crippen molar-refractivity contribution in [3.63, 3.8) is 0 Å². The minimum atomic E-state index is 0.392. The van der Waals surface area contributed by atoms with Gasteiger partial charge in [-0.3, -0.25) is 4.79 Å². The van der Waals surface area contributed by atoms with E-state index >= 15 is 0 Å². The zero-order chi connectivity index (χ0) is 11.1. The van der Waals surface area contributed by atoms with Crippen molar-refractivity contribution >= 4 is 17.6 Å². The fraction of sp³-hybridized carbons (Fsp3) is 0.615. The first-order chi connectivity index (χ1) is 7.02. The van der Waals surface area contributed by atoms with Gasteiger partial charge in [-0.25, -0.2) is 0 Å². The molecule has 1 nitrogen and oxygen atoms in total. The van der Waals surface area contributed by atoms with Gasteiger partial charge >= 0.3 is 0 Å². The van der Waals surface area contributed by atoms with Crippen LogP contribution < -0.4 is 0 Å². The predicted molar refractivity (Wildman–Crippen MR) is 64.7 cm³/mol. The van der Waals surface area contributed by atoms with E-state index in [1.165, 1.54) is 16.9 Å². The second-order valence-electron chi connectivity index (χ2n) is 5.52. The lowest BCUT2D eigenvalue weighted by Crippen LogP contribution is -2.26.